The molecule has 0 saturated heterocycles. The Morgan fingerprint density at radius 1 is 0.729 bits per heavy atom. The van der Waals surface area contributed by atoms with Gasteiger partial charge in [0.2, 0.25) is 11.8 Å². The first-order valence-corrected chi connectivity index (χ1v) is 16.0. The molecule has 3 atom stereocenters. The highest BCUT2D eigenvalue weighted by Gasteiger charge is 2.37. The van der Waals surface area contributed by atoms with Crippen LogP contribution in [0, 0.1) is 13.8 Å². The predicted molar refractivity (Wildman–Crippen MR) is 184 cm³/mol. The number of alkyl carbamates (subject to hydrolysis) is 1. The largest absolute Gasteiger partial charge is 0.508 e. The normalized spacial score (nSPS) is 13.4. The summed E-state index contributed by atoms with van der Waals surface area (Å²) < 4.78 is 11.2. The minimum absolute atomic E-state index is 0.0540. The second-order valence-electron chi connectivity index (χ2n) is 14.1. The molecular weight excluding hydrogens is 610 g/mol. The number of hydrogen-bond donors (Lipinski definition) is 3. The number of carbonyl (C=O) groups excluding carboxylic acids is 4. The maximum atomic E-state index is 14.4. The molecule has 3 unspecified atom stereocenters. The van der Waals surface area contributed by atoms with Gasteiger partial charge >= 0.3 is 12.1 Å². The van der Waals surface area contributed by atoms with Crippen molar-refractivity contribution < 1.29 is 33.8 Å². The Kier molecular flexibility index (Phi) is 12.4. The third kappa shape index (κ3) is 11.7. The number of phenols is 1. The number of benzene rings is 3. The molecule has 3 aromatic carbocycles. The van der Waals surface area contributed by atoms with Gasteiger partial charge in [0.1, 0.15) is 35.1 Å². The van der Waals surface area contributed by atoms with Gasteiger partial charge in [0.15, 0.2) is 0 Å². The van der Waals surface area contributed by atoms with Gasteiger partial charge in [-0.05, 0) is 84.2 Å². The van der Waals surface area contributed by atoms with Crippen molar-refractivity contribution in [3.05, 3.63) is 101 Å². The zero-order chi connectivity index (χ0) is 35.8. The van der Waals surface area contributed by atoms with Crippen molar-refractivity contribution in [1.82, 2.24) is 15.5 Å². The predicted octanol–water partition coefficient (Wildman–Crippen LogP) is 5.71. The Hall–Kier alpha value is -4.86. The van der Waals surface area contributed by atoms with Crippen LogP contribution in [0.1, 0.15) is 75.4 Å². The quantitative estimate of drug-likeness (QED) is 0.225. The van der Waals surface area contributed by atoms with Crippen LogP contribution < -0.4 is 10.6 Å². The molecule has 0 spiro atoms. The molecule has 48 heavy (non-hydrogen) atoms. The molecule has 3 amide bonds. The summed E-state index contributed by atoms with van der Waals surface area (Å²) in [5, 5.41) is 15.4. The molecule has 3 aromatic rings. The number of carbonyl (C=O) groups is 4. The molecule has 3 rings (SSSR count). The fraction of sp³-hybridized carbons (Fsp3) is 0.421. The SMILES string of the molecule is Cc1cc(C)cc(C(C(=O)NC(Cc2ccccc2)C(=O)OC(C)(C)C)N(C)C(=O)C(Cc2ccc(O)cc2)NC(=O)OC(C)(C)C)c1. The van der Waals surface area contributed by atoms with Gasteiger partial charge in [-0.15, -0.1) is 0 Å². The number of aryl methyl sites for hydroxylation is 2. The molecule has 0 aliphatic heterocycles. The van der Waals surface area contributed by atoms with Crippen molar-refractivity contribution in [2.24, 2.45) is 0 Å². The minimum Gasteiger partial charge on any atom is -0.508 e. The molecule has 0 aromatic heterocycles. The first kappa shape index (κ1) is 37.6. The maximum Gasteiger partial charge on any atom is 0.408 e. The number of nitrogens with one attached hydrogen (secondary N) is 2. The van der Waals surface area contributed by atoms with E-state index in [-0.39, 0.29) is 18.6 Å². The van der Waals surface area contributed by atoms with Gasteiger partial charge in [-0.25, -0.2) is 9.59 Å². The summed E-state index contributed by atoms with van der Waals surface area (Å²) in [5.74, 6) is -1.71. The van der Waals surface area contributed by atoms with Crippen molar-refractivity contribution in [3.8, 4) is 5.75 Å². The summed E-state index contributed by atoms with van der Waals surface area (Å²) >= 11 is 0. The van der Waals surface area contributed by atoms with Crippen molar-refractivity contribution in [1.29, 1.82) is 0 Å². The van der Waals surface area contributed by atoms with Crippen LogP contribution in [0.3, 0.4) is 0 Å². The van der Waals surface area contributed by atoms with Crippen molar-refractivity contribution in [2.45, 2.75) is 97.6 Å². The molecule has 0 fully saturated rings. The highest BCUT2D eigenvalue weighted by molar-refractivity contribution is 5.94. The van der Waals surface area contributed by atoms with Crippen LogP contribution >= 0.6 is 0 Å². The first-order chi connectivity index (χ1) is 22.3. The van der Waals surface area contributed by atoms with E-state index in [1.54, 1.807) is 53.7 Å². The van der Waals surface area contributed by atoms with Crippen LogP contribution in [0.2, 0.25) is 0 Å². The summed E-state index contributed by atoms with van der Waals surface area (Å²) in [5.41, 5.74) is 2.15. The van der Waals surface area contributed by atoms with E-state index in [2.05, 4.69) is 10.6 Å². The average Bonchev–Trinajstić information content (AvgIpc) is 2.95. The number of aromatic hydroxyl groups is 1. The lowest BCUT2D eigenvalue weighted by Gasteiger charge is -2.33. The molecule has 0 bridgehead atoms. The van der Waals surface area contributed by atoms with E-state index >= 15 is 0 Å². The number of nitrogens with zero attached hydrogens (tertiary/aromatic N) is 1. The Morgan fingerprint density at radius 2 is 1.25 bits per heavy atom. The minimum atomic E-state index is -1.18. The zero-order valence-electron chi connectivity index (χ0n) is 29.4. The van der Waals surface area contributed by atoms with E-state index in [1.165, 1.54) is 24.1 Å². The lowest BCUT2D eigenvalue weighted by atomic mass is 9.97. The molecule has 0 radical (unpaired) electrons. The molecule has 3 N–H and O–H groups in total. The summed E-state index contributed by atoms with van der Waals surface area (Å²) in [6, 6.07) is 17.8. The second-order valence-corrected chi connectivity index (χ2v) is 14.1. The average molecular weight is 660 g/mol. The third-order valence-electron chi connectivity index (χ3n) is 7.20. The lowest BCUT2D eigenvalue weighted by Crippen LogP contribution is -2.54. The van der Waals surface area contributed by atoms with E-state index < -0.39 is 53.2 Å². The van der Waals surface area contributed by atoms with Crippen molar-refractivity contribution in [2.75, 3.05) is 7.05 Å². The Labute approximate surface area is 283 Å². The highest BCUT2D eigenvalue weighted by atomic mass is 16.6. The first-order valence-electron chi connectivity index (χ1n) is 16.0. The topological polar surface area (TPSA) is 134 Å². The second kappa shape index (κ2) is 15.8. The summed E-state index contributed by atoms with van der Waals surface area (Å²) in [7, 11) is 1.49. The van der Waals surface area contributed by atoms with E-state index in [0.29, 0.717) is 11.1 Å². The van der Waals surface area contributed by atoms with Gasteiger partial charge in [-0.1, -0.05) is 71.8 Å². The fourth-order valence-electron chi connectivity index (χ4n) is 5.28. The molecule has 258 valence electrons. The van der Waals surface area contributed by atoms with Gasteiger partial charge in [0.05, 0.1) is 0 Å². The van der Waals surface area contributed by atoms with Gasteiger partial charge in [0.25, 0.3) is 0 Å². The number of ether oxygens (including phenoxy) is 2. The van der Waals surface area contributed by atoms with Crippen molar-refractivity contribution in [3.63, 3.8) is 0 Å². The molecule has 0 heterocycles. The Balaban J connectivity index is 2.04. The smallest absolute Gasteiger partial charge is 0.408 e. The third-order valence-corrected chi connectivity index (χ3v) is 7.20. The summed E-state index contributed by atoms with van der Waals surface area (Å²) in [6.45, 7) is 14.2. The number of amides is 3. The lowest BCUT2D eigenvalue weighted by molar-refractivity contribution is -0.159. The number of phenolic OH excluding ortho intramolecular Hbond substituents is 1. The van der Waals surface area contributed by atoms with Gasteiger partial charge < -0.3 is 30.1 Å². The van der Waals surface area contributed by atoms with Crippen molar-refractivity contribution >= 4 is 23.9 Å². The summed E-state index contributed by atoms with van der Waals surface area (Å²) in [4.78, 5) is 56.4. The van der Waals surface area contributed by atoms with Crippen LogP contribution in [-0.4, -0.2) is 64.2 Å². The number of rotatable bonds is 11. The Bertz CT molecular complexity index is 1550. The molecular formula is C38H49N3O7. The molecule has 0 aliphatic rings. The number of likely N-dealkylation sites (N-methyl/N-ethyl adjacent to an activating group) is 1. The van der Waals surface area contributed by atoms with Crippen LogP contribution in [0.25, 0.3) is 0 Å². The van der Waals surface area contributed by atoms with E-state index in [1.807, 2.05) is 62.4 Å². The van der Waals surface area contributed by atoms with Crippen LogP contribution in [0.4, 0.5) is 4.79 Å². The highest BCUT2D eigenvalue weighted by Crippen LogP contribution is 2.25. The molecule has 0 aliphatic carbocycles. The van der Waals surface area contributed by atoms with E-state index in [9.17, 15) is 24.3 Å². The van der Waals surface area contributed by atoms with Crippen LogP contribution in [0.15, 0.2) is 72.8 Å². The zero-order valence-corrected chi connectivity index (χ0v) is 29.4. The standard InChI is InChI=1S/C38H49N3O7/c1-24-19-25(2)21-28(20-24)32(33(43)39-31(35(45)47-37(3,4)5)23-26-13-11-10-12-14-26)41(9)34(44)30(40-36(46)48-38(6,7)8)22-27-15-17-29(42)18-16-27/h10-21,30-32,42H,22-23H2,1-9H3,(H,39,43)(H,40,46). The van der Waals surface area contributed by atoms with Gasteiger partial charge in [-0.2, -0.15) is 0 Å². The van der Waals surface area contributed by atoms with E-state index in [4.69, 9.17) is 9.47 Å². The number of hydrogen-bond acceptors (Lipinski definition) is 7. The monoisotopic (exact) mass is 659 g/mol. The van der Waals surface area contributed by atoms with Crippen LogP contribution in [-0.2, 0) is 36.7 Å². The molecule has 10 nitrogen and oxygen atoms in total. The van der Waals surface area contributed by atoms with Gasteiger partial charge in [-0.3, -0.25) is 9.59 Å². The fourth-order valence-corrected chi connectivity index (χ4v) is 5.28. The maximum absolute atomic E-state index is 14.4. The number of esters is 1. The Morgan fingerprint density at radius 3 is 1.79 bits per heavy atom. The van der Waals surface area contributed by atoms with E-state index in [0.717, 1.165) is 16.7 Å². The molecule has 0 saturated carbocycles. The van der Waals surface area contributed by atoms with Crippen LogP contribution in [0.5, 0.6) is 5.75 Å². The van der Waals surface area contributed by atoms with Gasteiger partial charge in [0, 0.05) is 19.9 Å². The molecule has 10 heteroatoms. The summed E-state index contributed by atoms with van der Waals surface area (Å²) in [6.07, 6.45) is -0.575.